The summed E-state index contributed by atoms with van der Waals surface area (Å²) in [6, 6.07) is -0.187. The number of aryl methyl sites for hydroxylation is 2. The van der Waals surface area contributed by atoms with Crippen molar-refractivity contribution >= 4 is 11.6 Å². The molecule has 0 saturated carbocycles. The Morgan fingerprint density at radius 1 is 1.42 bits per heavy atom. The van der Waals surface area contributed by atoms with Crippen LogP contribution in [0.25, 0.3) is 0 Å². The summed E-state index contributed by atoms with van der Waals surface area (Å²) in [6.45, 7) is 5.81. The fraction of sp³-hybridized carbons (Fsp3) is 0.714. The van der Waals surface area contributed by atoms with Gasteiger partial charge in [-0.1, -0.05) is 6.92 Å². The maximum absolute atomic E-state index is 12.3. The SMILES string of the molecule is CCc1nn(C)cc1NC(C)C(=O)N1CCCCC1. The van der Waals surface area contributed by atoms with Crippen LogP contribution in [0.4, 0.5) is 5.69 Å². The minimum Gasteiger partial charge on any atom is -0.371 e. The zero-order chi connectivity index (χ0) is 13.8. The predicted molar refractivity (Wildman–Crippen MR) is 76.1 cm³/mol. The first kappa shape index (κ1) is 13.9. The number of rotatable bonds is 4. The van der Waals surface area contributed by atoms with Crippen molar-refractivity contribution in [1.82, 2.24) is 14.7 Å². The number of piperidine rings is 1. The highest BCUT2D eigenvalue weighted by Crippen LogP contribution is 2.17. The molecule has 5 nitrogen and oxygen atoms in total. The molecule has 1 aliphatic rings. The number of hydrogen-bond donors (Lipinski definition) is 1. The van der Waals surface area contributed by atoms with E-state index in [0.717, 1.165) is 43.7 Å². The molecular formula is C14H24N4O. The summed E-state index contributed by atoms with van der Waals surface area (Å²) >= 11 is 0. The second-order valence-corrected chi connectivity index (χ2v) is 5.27. The van der Waals surface area contributed by atoms with Crippen molar-refractivity contribution in [3.8, 4) is 0 Å². The standard InChI is InChI=1S/C14H24N4O/c1-4-12-13(10-17(3)16-12)15-11(2)14(19)18-8-6-5-7-9-18/h10-11,15H,4-9H2,1-3H3. The van der Waals surface area contributed by atoms with Gasteiger partial charge in [-0.05, 0) is 32.6 Å². The number of nitrogens with one attached hydrogen (secondary N) is 1. The quantitative estimate of drug-likeness (QED) is 0.902. The Morgan fingerprint density at radius 3 is 2.74 bits per heavy atom. The summed E-state index contributed by atoms with van der Waals surface area (Å²) in [5.41, 5.74) is 1.99. The molecule has 0 aliphatic carbocycles. The van der Waals surface area contributed by atoms with Crippen molar-refractivity contribution in [2.75, 3.05) is 18.4 Å². The van der Waals surface area contributed by atoms with E-state index in [1.54, 1.807) is 4.68 Å². The molecular weight excluding hydrogens is 240 g/mol. The number of aromatic nitrogens is 2. The van der Waals surface area contributed by atoms with Gasteiger partial charge in [-0.3, -0.25) is 9.48 Å². The van der Waals surface area contributed by atoms with Crippen molar-refractivity contribution in [1.29, 1.82) is 0 Å². The maximum atomic E-state index is 12.3. The molecule has 19 heavy (non-hydrogen) atoms. The van der Waals surface area contributed by atoms with Gasteiger partial charge in [0.1, 0.15) is 6.04 Å². The third kappa shape index (κ3) is 3.28. The third-order valence-corrected chi connectivity index (χ3v) is 3.65. The van der Waals surface area contributed by atoms with Crippen LogP contribution in [-0.4, -0.2) is 39.7 Å². The minimum atomic E-state index is -0.187. The summed E-state index contributed by atoms with van der Waals surface area (Å²) in [5, 5.41) is 7.69. The molecule has 1 aliphatic heterocycles. The van der Waals surface area contributed by atoms with E-state index in [9.17, 15) is 4.79 Å². The molecule has 0 bridgehead atoms. The molecule has 1 amide bonds. The Balaban J connectivity index is 1.99. The summed E-state index contributed by atoms with van der Waals surface area (Å²) in [6.07, 6.45) is 6.32. The molecule has 0 radical (unpaired) electrons. The van der Waals surface area contributed by atoms with E-state index in [-0.39, 0.29) is 11.9 Å². The Morgan fingerprint density at radius 2 is 2.11 bits per heavy atom. The second kappa shape index (κ2) is 6.08. The lowest BCUT2D eigenvalue weighted by molar-refractivity contribution is -0.132. The van der Waals surface area contributed by atoms with E-state index in [0.29, 0.717) is 0 Å². The van der Waals surface area contributed by atoms with Crippen molar-refractivity contribution in [3.05, 3.63) is 11.9 Å². The summed E-state index contributed by atoms with van der Waals surface area (Å²) < 4.78 is 1.79. The Hall–Kier alpha value is -1.52. The highest BCUT2D eigenvalue weighted by atomic mass is 16.2. The molecule has 5 heteroatoms. The molecule has 1 fully saturated rings. The van der Waals surface area contributed by atoms with Crippen molar-refractivity contribution < 1.29 is 4.79 Å². The number of anilines is 1. The number of carbonyl (C=O) groups excluding carboxylic acids is 1. The Labute approximate surface area is 115 Å². The van der Waals surface area contributed by atoms with Gasteiger partial charge in [0, 0.05) is 26.3 Å². The van der Waals surface area contributed by atoms with Crippen molar-refractivity contribution in [3.63, 3.8) is 0 Å². The largest absolute Gasteiger partial charge is 0.371 e. The first-order chi connectivity index (χ1) is 9.11. The zero-order valence-electron chi connectivity index (χ0n) is 12.1. The minimum absolute atomic E-state index is 0.187. The molecule has 1 aromatic heterocycles. The predicted octanol–water partition coefficient (Wildman–Crippen LogP) is 1.80. The monoisotopic (exact) mass is 264 g/mol. The molecule has 0 spiro atoms. The fourth-order valence-corrected chi connectivity index (χ4v) is 2.60. The van der Waals surface area contributed by atoms with Crippen molar-refractivity contribution in [2.45, 2.75) is 45.6 Å². The number of carbonyl (C=O) groups is 1. The third-order valence-electron chi connectivity index (χ3n) is 3.65. The zero-order valence-corrected chi connectivity index (χ0v) is 12.1. The van der Waals surface area contributed by atoms with Crippen LogP contribution in [-0.2, 0) is 18.3 Å². The molecule has 1 unspecified atom stereocenters. The van der Waals surface area contributed by atoms with Gasteiger partial charge in [0.25, 0.3) is 0 Å². The average Bonchev–Trinajstić information content (AvgIpc) is 2.78. The average molecular weight is 264 g/mol. The number of likely N-dealkylation sites (tertiary alicyclic amines) is 1. The lowest BCUT2D eigenvalue weighted by Gasteiger charge is -2.29. The molecule has 1 aromatic rings. The Kier molecular flexibility index (Phi) is 4.45. The topological polar surface area (TPSA) is 50.2 Å². The fourth-order valence-electron chi connectivity index (χ4n) is 2.60. The second-order valence-electron chi connectivity index (χ2n) is 5.27. The first-order valence-electron chi connectivity index (χ1n) is 7.19. The van der Waals surface area contributed by atoms with Crippen LogP contribution in [0, 0.1) is 0 Å². The Bertz CT molecular complexity index is 435. The molecule has 2 rings (SSSR count). The van der Waals surface area contributed by atoms with Gasteiger partial charge in [0.2, 0.25) is 5.91 Å². The van der Waals surface area contributed by atoms with Crippen LogP contribution in [0.3, 0.4) is 0 Å². The van der Waals surface area contributed by atoms with Crippen LogP contribution in [0.15, 0.2) is 6.20 Å². The van der Waals surface area contributed by atoms with Gasteiger partial charge >= 0.3 is 0 Å². The first-order valence-corrected chi connectivity index (χ1v) is 7.19. The van der Waals surface area contributed by atoms with E-state index in [2.05, 4.69) is 17.3 Å². The van der Waals surface area contributed by atoms with Crippen LogP contribution >= 0.6 is 0 Å². The van der Waals surface area contributed by atoms with Gasteiger partial charge < -0.3 is 10.2 Å². The van der Waals surface area contributed by atoms with Crippen LogP contribution < -0.4 is 5.32 Å². The van der Waals surface area contributed by atoms with Gasteiger partial charge in [-0.25, -0.2) is 0 Å². The molecule has 1 atom stereocenters. The maximum Gasteiger partial charge on any atom is 0.244 e. The van der Waals surface area contributed by atoms with Gasteiger partial charge in [-0.2, -0.15) is 5.10 Å². The highest BCUT2D eigenvalue weighted by Gasteiger charge is 2.22. The lowest BCUT2D eigenvalue weighted by atomic mass is 10.1. The number of nitrogens with zero attached hydrogens (tertiary/aromatic N) is 3. The van der Waals surface area contributed by atoms with Crippen LogP contribution in [0.2, 0.25) is 0 Å². The lowest BCUT2D eigenvalue weighted by Crippen LogP contribution is -2.43. The molecule has 106 valence electrons. The van der Waals surface area contributed by atoms with Crippen LogP contribution in [0.5, 0.6) is 0 Å². The molecule has 0 aromatic carbocycles. The highest BCUT2D eigenvalue weighted by molar-refractivity contribution is 5.84. The summed E-state index contributed by atoms with van der Waals surface area (Å²) in [5.74, 6) is 0.200. The number of hydrogen-bond acceptors (Lipinski definition) is 3. The van der Waals surface area contributed by atoms with Gasteiger partial charge in [0.05, 0.1) is 11.4 Å². The van der Waals surface area contributed by atoms with E-state index >= 15 is 0 Å². The molecule has 1 saturated heterocycles. The van der Waals surface area contributed by atoms with E-state index in [1.807, 2.05) is 25.1 Å². The summed E-state index contributed by atoms with van der Waals surface area (Å²) in [4.78, 5) is 14.3. The molecule has 1 N–H and O–H groups in total. The van der Waals surface area contributed by atoms with Gasteiger partial charge in [0.15, 0.2) is 0 Å². The van der Waals surface area contributed by atoms with E-state index in [1.165, 1.54) is 6.42 Å². The number of amides is 1. The molecule has 2 heterocycles. The van der Waals surface area contributed by atoms with E-state index < -0.39 is 0 Å². The van der Waals surface area contributed by atoms with E-state index in [4.69, 9.17) is 0 Å². The van der Waals surface area contributed by atoms with Crippen molar-refractivity contribution in [2.24, 2.45) is 7.05 Å². The normalized spacial score (nSPS) is 17.3. The smallest absolute Gasteiger partial charge is 0.244 e. The van der Waals surface area contributed by atoms with Crippen LogP contribution in [0.1, 0.15) is 38.8 Å². The van der Waals surface area contributed by atoms with Gasteiger partial charge in [-0.15, -0.1) is 0 Å². The summed E-state index contributed by atoms with van der Waals surface area (Å²) in [7, 11) is 1.90.